The van der Waals surface area contributed by atoms with Crippen LogP contribution in [-0.4, -0.2) is 18.3 Å². The standard InChI is InChI=1S/C23H31BO2/c1-22(2)23(3,4)26-24(25-22)21-19(16-17-10-6-5-7-11-17)15-14-18-12-8-9-13-20(18)21/h8-9,12-15,17H,5-7,10-11,16H2,1-4H3. The average Bonchev–Trinajstić information content (AvgIpc) is 2.83. The Kier molecular flexibility index (Phi) is 4.65. The molecule has 0 spiro atoms. The predicted octanol–water partition coefficient (Wildman–Crippen LogP) is 5.26. The van der Waals surface area contributed by atoms with Crippen molar-refractivity contribution in [2.24, 2.45) is 5.92 Å². The Morgan fingerprint density at radius 3 is 2.23 bits per heavy atom. The largest absolute Gasteiger partial charge is 0.495 e. The molecule has 1 aliphatic carbocycles. The van der Waals surface area contributed by atoms with Crippen molar-refractivity contribution in [2.45, 2.75) is 77.4 Å². The van der Waals surface area contributed by atoms with E-state index in [4.69, 9.17) is 9.31 Å². The third-order valence-corrected chi connectivity index (χ3v) is 6.78. The van der Waals surface area contributed by atoms with E-state index in [1.165, 1.54) is 53.9 Å². The SMILES string of the molecule is CC1(C)OB(c2c(CC3CCCCC3)ccc3ccccc23)OC1(C)C. The van der Waals surface area contributed by atoms with Crippen LogP contribution in [0.25, 0.3) is 10.8 Å². The van der Waals surface area contributed by atoms with Crippen molar-refractivity contribution < 1.29 is 9.31 Å². The van der Waals surface area contributed by atoms with Crippen molar-refractivity contribution in [3.63, 3.8) is 0 Å². The fraction of sp³-hybridized carbons (Fsp3) is 0.565. The molecule has 0 unspecified atom stereocenters. The van der Waals surface area contributed by atoms with E-state index in [1.54, 1.807) is 0 Å². The van der Waals surface area contributed by atoms with Crippen molar-refractivity contribution in [3.8, 4) is 0 Å². The molecular formula is C23H31BO2. The molecule has 1 saturated carbocycles. The minimum atomic E-state index is -0.309. The molecule has 1 aliphatic heterocycles. The molecule has 0 bridgehead atoms. The molecular weight excluding hydrogens is 319 g/mol. The summed E-state index contributed by atoms with van der Waals surface area (Å²) in [6.45, 7) is 8.55. The van der Waals surface area contributed by atoms with Gasteiger partial charge in [0.2, 0.25) is 0 Å². The van der Waals surface area contributed by atoms with Gasteiger partial charge in [0.1, 0.15) is 0 Å². The van der Waals surface area contributed by atoms with Crippen LogP contribution >= 0.6 is 0 Å². The molecule has 1 heterocycles. The van der Waals surface area contributed by atoms with Crippen LogP contribution in [0.15, 0.2) is 36.4 Å². The van der Waals surface area contributed by atoms with Gasteiger partial charge in [-0.25, -0.2) is 0 Å². The van der Waals surface area contributed by atoms with E-state index in [0.717, 1.165) is 12.3 Å². The van der Waals surface area contributed by atoms with Crippen LogP contribution in [0, 0.1) is 5.92 Å². The molecule has 0 N–H and O–H groups in total. The van der Waals surface area contributed by atoms with E-state index in [0.29, 0.717) is 0 Å². The van der Waals surface area contributed by atoms with Crippen molar-refractivity contribution in [1.29, 1.82) is 0 Å². The monoisotopic (exact) mass is 350 g/mol. The number of hydrogen-bond acceptors (Lipinski definition) is 2. The second-order valence-corrected chi connectivity index (χ2v) is 9.16. The Hall–Kier alpha value is -1.32. The lowest BCUT2D eigenvalue weighted by Crippen LogP contribution is -2.41. The molecule has 0 radical (unpaired) electrons. The van der Waals surface area contributed by atoms with E-state index in [-0.39, 0.29) is 18.3 Å². The molecule has 0 atom stereocenters. The lowest BCUT2D eigenvalue weighted by Gasteiger charge is -2.32. The predicted molar refractivity (Wildman–Crippen MR) is 110 cm³/mol. The highest BCUT2D eigenvalue weighted by Crippen LogP contribution is 2.38. The molecule has 2 aromatic carbocycles. The molecule has 2 fully saturated rings. The van der Waals surface area contributed by atoms with Crippen molar-refractivity contribution in [3.05, 3.63) is 42.0 Å². The molecule has 138 valence electrons. The Balaban J connectivity index is 1.76. The highest BCUT2D eigenvalue weighted by atomic mass is 16.7. The minimum Gasteiger partial charge on any atom is -0.399 e. The molecule has 26 heavy (non-hydrogen) atoms. The number of rotatable bonds is 3. The maximum absolute atomic E-state index is 6.47. The first-order valence-electron chi connectivity index (χ1n) is 10.2. The molecule has 0 aromatic heterocycles. The van der Waals surface area contributed by atoms with Crippen LogP contribution in [0.2, 0.25) is 0 Å². The summed E-state index contributed by atoms with van der Waals surface area (Å²) in [5.41, 5.74) is 2.05. The fourth-order valence-electron chi connectivity index (χ4n) is 4.46. The summed E-state index contributed by atoms with van der Waals surface area (Å²) >= 11 is 0. The minimum absolute atomic E-state index is 0.287. The van der Waals surface area contributed by atoms with Crippen LogP contribution in [0.3, 0.4) is 0 Å². The first-order chi connectivity index (χ1) is 12.4. The summed E-state index contributed by atoms with van der Waals surface area (Å²) in [7, 11) is -0.287. The molecule has 2 aliphatic rings. The van der Waals surface area contributed by atoms with Gasteiger partial charge in [0.05, 0.1) is 11.2 Å². The van der Waals surface area contributed by atoms with Gasteiger partial charge in [-0.2, -0.15) is 0 Å². The van der Waals surface area contributed by atoms with Crippen LogP contribution in [0.5, 0.6) is 0 Å². The Labute approximate surface area is 158 Å². The molecule has 2 nitrogen and oxygen atoms in total. The van der Waals surface area contributed by atoms with E-state index in [1.807, 2.05) is 0 Å². The van der Waals surface area contributed by atoms with E-state index < -0.39 is 0 Å². The second-order valence-electron chi connectivity index (χ2n) is 9.16. The van der Waals surface area contributed by atoms with Gasteiger partial charge in [0.15, 0.2) is 0 Å². The topological polar surface area (TPSA) is 18.5 Å². The summed E-state index contributed by atoms with van der Waals surface area (Å²) in [4.78, 5) is 0. The quantitative estimate of drug-likeness (QED) is 0.703. The summed E-state index contributed by atoms with van der Waals surface area (Å²) in [6.07, 6.45) is 8.02. The van der Waals surface area contributed by atoms with E-state index >= 15 is 0 Å². The smallest absolute Gasteiger partial charge is 0.399 e. The van der Waals surface area contributed by atoms with Gasteiger partial charge < -0.3 is 9.31 Å². The molecule has 2 aromatic rings. The van der Waals surface area contributed by atoms with Gasteiger partial charge in [-0.15, -0.1) is 0 Å². The van der Waals surface area contributed by atoms with Crippen molar-refractivity contribution >= 4 is 23.4 Å². The number of benzene rings is 2. The van der Waals surface area contributed by atoms with Crippen LogP contribution in [-0.2, 0) is 15.7 Å². The van der Waals surface area contributed by atoms with E-state index in [2.05, 4.69) is 64.1 Å². The maximum Gasteiger partial charge on any atom is 0.495 e. The zero-order valence-corrected chi connectivity index (χ0v) is 16.7. The zero-order valence-electron chi connectivity index (χ0n) is 16.7. The van der Waals surface area contributed by atoms with E-state index in [9.17, 15) is 0 Å². The average molecular weight is 350 g/mol. The summed E-state index contributed by atoms with van der Waals surface area (Å²) in [5, 5.41) is 2.55. The van der Waals surface area contributed by atoms with Gasteiger partial charge in [-0.3, -0.25) is 0 Å². The third kappa shape index (κ3) is 3.21. The summed E-state index contributed by atoms with van der Waals surface area (Å²) < 4.78 is 12.9. The van der Waals surface area contributed by atoms with Crippen molar-refractivity contribution in [1.82, 2.24) is 0 Å². The molecule has 1 saturated heterocycles. The second kappa shape index (κ2) is 6.69. The Morgan fingerprint density at radius 1 is 0.885 bits per heavy atom. The highest BCUT2D eigenvalue weighted by molar-refractivity contribution is 6.65. The van der Waals surface area contributed by atoms with Crippen LogP contribution in [0.1, 0.15) is 65.4 Å². The first-order valence-corrected chi connectivity index (χ1v) is 10.2. The third-order valence-electron chi connectivity index (χ3n) is 6.78. The van der Waals surface area contributed by atoms with Crippen LogP contribution in [0.4, 0.5) is 0 Å². The van der Waals surface area contributed by atoms with Gasteiger partial charge in [-0.05, 0) is 61.8 Å². The lowest BCUT2D eigenvalue weighted by atomic mass is 9.70. The molecule has 3 heteroatoms. The maximum atomic E-state index is 6.47. The first kappa shape index (κ1) is 18.1. The Bertz CT molecular complexity index is 774. The summed E-state index contributed by atoms with van der Waals surface area (Å²) in [5.74, 6) is 0.797. The van der Waals surface area contributed by atoms with Gasteiger partial charge in [0.25, 0.3) is 0 Å². The fourth-order valence-corrected chi connectivity index (χ4v) is 4.46. The van der Waals surface area contributed by atoms with Gasteiger partial charge in [-0.1, -0.05) is 68.5 Å². The Morgan fingerprint density at radius 2 is 1.54 bits per heavy atom. The highest BCUT2D eigenvalue weighted by Gasteiger charge is 2.52. The van der Waals surface area contributed by atoms with Crippen LogP contribution < -0.4 is 5.46 Å². The summed E-state index contributed by atoms with van der Waals surface area (Å²) in [6, 6.07) is 13.2. The van der Waals surface area contributed by atoms with Crippen molar-refractivity contribution in [2.75, 3.05) is 0 Å². The van der Waals surface area contributed by atoms with Gasteiger partial charge >= 0.3 is 7.12 Å². The van der Waals surface area contributed by atoms with Gasteiger partial charge in [0, 0.05) is 0 Å². The zero-order chi connectivity index (χ0) is 18.4. The molecule has 4 rings (SSSR count). The lowest BCUT2D eigenvalue weighted by molar-refractivity contribution is 0.00578. The molecule has 0 amide bonds. The normalized spacial score (nSPS) is 22.8. The number of hydrogen-bond donors (Lipinski definition) is 0. The number of fused-ring (bicyclic) bond motifs is 1.